The zero-order valence-corrected chi connectivity index (χ0v) is 11.6. The number of esters is 1. The molecule has 102 valence electrons. The lowest BCUT2D eigenvalue weighted by Crippen LogP contribution is -2.36. The second-order valence-electron chi connectivity index (χ2n) is 3.92. The van der Waals surface area contributed by atoms with Crippen molar-refractivity contribution in [1.82, 2.24) is 5.32 Å². The van der Waals surface area contributed by atoms with E-state index < -0.39 is 5.97 Å². The lowest BCUT2D eigenvalue weighted by atomic mass is 10.2. The molecule has 5 nitrogen and oxygen atoms in total. The predicted molar refractivity (Wildman–Crippen MR) is 70.7 cm³/mol. The Morgan fingerprint density at radius 1 is 1.67 bits per heavy atom. The van der Waals surface area contributed by atoms with Gasteiger partial charge in [-0.15, -0.1) is 0 Å². The summed E-state index contributed by atoms with van der Waals surface area (Å²) in [6, 6.07) is 1.80. The molecule has 2 unspecified atom stereocenters. The van der Waals surface area contributed by atoms with E-state index in [2.05, 4.69) is 10.1 Å². The van der Waals surface area contributed by atoms with Gasteiger partial charge in [-0.05, 0) is 19.2 Å². The molecule has 18 heavy (non-hydrogen) atoms. The molecule has 1 heterocycles. The quantitative estimate of drug-likeness (QED) is 0.729. The SMILES string of the molecule is COC(=O)c1coc(CNC(C)C(CO)SC)c1. The minimum atomic E-state index is -0.407. The molecule has 0 fully saturated rings. The Bertz CT molecular complexity index is 376. The molecule has 0 spiro atoms. The smallest absolute Gasteiger partial charge is 0.341 e. The summed E-state index contributed by atoms with van der Waals surface area (Å²) in [4.78, 5) is 11.2. The van der Waals surface area contributed by atoms with Gasteiger partial charge in [0.25, 0.3) is 0 Å². The van der Waals surface area contributed by atoms with E-state index in [1.165, 1.54) is 13.4 Å². The maximum absolute atomic E-state index is 11.2. The van der Waals surface area contributed by atoms with Crippen molar-refractivity contribution in [2.45, 2.75) is 24.8 Å². The van der Waals surface area contributed by atoms with E-state index in [-0.39, 0.29) is 17.9 Å². The van der Waals surface area contributed by atoms with E-state index >= 15 is 0 Å². The van der Waals surface area contributed by atoms with E-state index in [4.69, 9.17) is 9.52 Å². The molecule has 2 N–H and O–H groups in total. The summed E-state index contributed by atoms with van der Waals surface area (Å²) in [7, 11) is 1.33. The standard InChI is InChI=1S/C12H19NO4S/c1-8(11(6-14)18-3)13-5-10-4-9(7-17-10)12(15)16-2/h4,7-8,11,13-14H,5-6H2,1-3H3. The highest BCUT2D eigenvalue weighted by atomic mass is 32.2. The number of furan rings is 1. The molecule has 0 bridgehead atoms. The number of aliphatic hydroxyl groups excluding tert-OH is 1. The fraction of sp³-hybridized carbons (Fsp3) is 0.583. The van der Waals surface area contributed by atoms with Gasteiger partial charge in [0.1, 0.15) is 12.0 Å². The summed E-state index contributed by atoms with van der Waals surface area (Å²) >= 11 is 1.61. The van der Waals surface area contributed by atoms with Gasteiger partial charge in [-0.1, -0.05) is 0 Å². The Balaban J connectivity index is 2.48. The topological polar surface area (TPSA) is 71.7 Å². The predicted octanol–water partition coefficient (Wildman–Crippen LogP) is 1.27. The van der Waals surface area contributed by atoms with Crippen molar-refractivity contribution >= 4 is 17.7 Å². The number of carbonyl (C=O) groups is 1. The number of hydrogen-bond acceptors (Lipinski definition) is 6. The number of aliphatic hydroxyl groups is 1. The maximum Gasteiger partial charge on any atom is 0.341 e. The van der Waals surface area contributed by atoms with Crippen molar-refractivity contribution in [2.75, 3.05) is 20.0 Å². The first-order chi connectivity index (χ1) is 8.62. The zero-order chi connectivity index (χ0) is 13.5. The molecule has 0 saturated heterocycles. The molecule has 0 aliphatic rings. The van der Waals surface area contributed by atoms with Gasteiger partial charge >= 0.3 is 5.97 Å². The van der Waals surface area contributed by atoms with Crippen LogP contribution in [-0.2, 0) is 11.3 Å². The molecule has 0 amide bonds. The molecule has 1 rings (SSSR count). The Morgan fingerprint density at radius 2 is 2.39 bits per heavy atom. The van der Waals surface area contributed by atoms with Crippen LogP contribution in [0.5, 0.6) is 0 Å². The van der Waals surface area contributed by atoms with Crippen LogP contribution in [0.2, 0.25) is 0 Å². The van der Waals surface area contributed by atoms with Crippen molar-refractivity contribution < 1.29 is 19.1 Å². The van der Waals surface area contributed by atoms with Gasteiger partial charge in [0.15, 0.2) is 0 Å². The third-order valence-electron chi connectivity index (χ3n) is 2.71. The fourth-order valence-electron chi connectivity index (χ4n) is 1.53. The molecule has 1 aromatic rings. The van der Waals surface area contributed by atoms with Crippen molar-refractivity contribution in [3.63, 3.8) is 0 Å². The number of rotatable bonds is 7. The van der Waals surface area contributed by atoms with E-state index in [9.17, 15) is 4.79 Å². The van der Waals surface area contributed by atoms with Crippen LogP contribution in [0.4, 0.5) is 0 Å². The van der Waals surface area contributed by atoms with E-state index in [0.717, 1.165) is 0 Å². The van der Waals surface area contributed by atoms with Gasteiger partial charge in [0, 0.05) is 11.3 Å². The van der Waals surface area contributed by atoms with Gasteiger partial charge in [-0.2, -0.15) is 11.8 Å². The minimum Gasteiger partial charge on any atom is -0.467 e. The molecule has 0 saturated carbocycles. The summed E-state index contributed by atoms with van der Waals surface area (Å²) in [6.45, 7) is 2.64. The number of ether oxygens (including phenoxy) is 1. The maximum atomic E-state index is 11.2. The van der Waals surface area contributed by atoms with Crippen LogP contribution in [0.25, 0.3) is 0 Å². The molecular weight excluding hydrogens is 254 g/mol. The summed E-state index contributed by atoms with van der Waals surface area (Å²) in [5, 5.41) is 12.5. The number of nitrogens with one attached hydrogen (secondary N) is 1. The zero-order valence-electron chi connectivity index (χ0n) is 10.8. The van der Waals surface area contributed by atoms with Crippen molar-refractivity contribution in [1.29, 1.82) is 0 Å². The molecule has 2 atom stereocenters. The number of thioether (sulfide) groups is 1. The molecule has 6 heteroatoms. The first kappa shape index (κ1) is 15.1. The monoisotopic (exact) mass is 273 g/mol. The molecule has 0 aromatic carbocycles. The van der Waals surface area contributed by atoms with Crippen molar-refractivity contribution in [3.8, 4) is 0 Å². The van der Waals surface area contributed by atoms with Gasteiger partial charge < -0.3 is 19.6 Å². The highest BCUT2D eigenvalue weighted by molar-refractivity contribution is 7.99. The van der Waals surface area contributed by atoms with Crippen LogP contribution in [-0.4, -0.2) is 42.3 Å². The average molecular weight is 273 g/mol. The van der Waals surface area contributed by atoms with Crippen LogP contribution >= 0.6 is 11.8 Å². The lowest BCUT2D eigenvalue weighted by molar-refractivity contribution is 0.0600. The van der Waals surface area contributed by atoms with Gasteiger partial charge in [-0.3, -0.25) is 0 Å². The van der Waals surface area contributed by atoms with Gasteiger partial charge in [-0.25, -0.2) is 4.79 Å². The Morgan fingerprint density at radius 3 is 2.94 bits per heavy atom. The van der Waals surface area contributed by atoms with Gasteiger partial charge in [0.05, 0.1) is 25.8 Å². The van der Waals surface area contributed by atoms with Crippen LogP contribution in [0, 0.1) is 0 Å². The summed E-state index contributed by atoms with van der Waals surface area (Å²) < 4.78 is 9.84. The fourth-order valence-corrected chi connectivity index (χ4v) is 2.18. The first-order valence-corrected chi connectivity index (χ1v) is 6.94. The number of methoxy groups -OCH3 is 1. The van der Waals surface area contributed by atoms with Crippen LogP contribution in [0.1, 0.15) is 23.0 Å². The average Bonchev–Trinajstić information content (AvgIpc) is 2.85. The Kier molecular flexibility index (Phi) is 6.24. The molecule has 1 aromatic heterocycles. The summed E-state index contributed by atoms with van der Waals surface area (Å²) in [6.07, 6.45) is 3.34. The van der Waals surface area contributed by atoms with Gasteiger partial charge in [0.2, 0.25) is 0 Å². The second-order valence-corrected chi connectivity index (χ2v) is 5.00. The third kappa shape index (κ3) is 4.04. The highest BCUT2D eigenvalue weighted by Gasteiger charge is 2.16. The van der Waals surface area contributed by atoms with E-state index in [0.29, 0.717) is 17.9 Å². The Labute approximate surface area is 111 Å². The summed E-state index contributed by atoms with van der Waals surface area (Å²) in [5.41, 5.74) is 0.408. The normalized spacial score (nSPS) is 14.2. The minimum absolute atomic E-state index is 0.126. The summed E-state index contributed by atoms with van der Waals surface area (Å²) in [5.74, 6) is 0.260. The number of hydrogen-bond donors (Lipinski definition) is 2. The lowest BCUT2D eigenvalue weighted by Gasteiger charge is -2.20. The van der Waals surface area contributed by atoms with Crippen LogP contribution in [0.15, 0.2) is 16.7 Å². The largest absolute Gasteiger partial charge is 0.467 e. The van der Waals surface area contributed by atoms with E-state index in [1.807, 2.05) is 13.2 Å². The van der Waals surface area contributed by atoms with Crippen molar-refractivity contribution in [3.05, 3.63) is 23.7 Å². The Hall–Kier alpha value is -0.980. The molecule has 0 radical (unpaired) electrons. The van der Waals surface area contributed by atoms with Crippen LogP contribution < -0.4 is 5.32 Å². The molecular formula is C12H19NO4S. The number of carbonyl (C=O) groups excluding carboxylic acids is 1. The first-order valence-electron chi connectivity index (χ1n) is 5.65. The van der Waals surface area contributed by atoms with Crippen molar-refractivity contribution in [2.24, 2.45) is 0 Å². The van der Waals surface area contributed by atoms with E-state index in [1.54, 1.807) is 17.8 Å². The second kappa shape index (κ2) is 7.45. The molecule has 0 aliphatic carbocycles. The third-order valence-corrected chi connectivity index (χ3v) is 3.88. The van der Waals surface area contributed by atoms with Crippen LogP contribution in [0.3, 0.4) is 0 Å². The molecule has 0 aliphatic heterocycles. The highest BCUT2D eigenvalue weighted by Crippen LogP contribution is 2.12.